The van der Waals surface area contributed by atoms with E-state index < -0.39 is 23.4 Å². The Bertz CT molecular complexity index is 728. The molecule has 0 spiro atoms. The quantitative estimate of drug-likeness (QED) is 0.260. The molecule has 2 rings (SSSR count). The molecule has 240 valence electrons. The van der Waals surface area contributed by atoms with Crippen LogP contribution in [0.2, 0.25) is 0 Å². The van der Waals surface area contributed by atoms with Crippen LogP contribution < -0.4 is 10.6 Å². The molecule has 0 atom stereocenters. The molecule has 12 heteroatoms. The highest BCUT2D eigenvalue weighted by Crippen LogP contribution is 2.08. The molecule has 12 nitrogen and oxygen atoms in total. The highest BCUT2D eigenvalue weighted by molar-refractivity contribution is 5.67. The molecule has 0 bridgehead atoms. The fraction of sp³-hybridized carbons (Fsp3) is 0.931. The van der Waals surface area contributed by atoms with Crippen molar-refractivity contribution in [3.05, 3.63) is 0 Å². The van der Waals surface area contributed by atoms with Crippen molar-refractivity contribution in [2.24, 2.45) is 0 Å². The molecular formula is C29H58N6O6. The predicted molar refractivity (Wildman–Crippen MR) is 160 cm³/mol. The molecule has 0 aromatic heterocycles. The molecular weight excluding hydrogens is 528 g/mol. The van der Waals surface area contributed by atoms with Crippen molar-refractivity contribution in [1.82, 2.24) is 30.2 Å². The van der Waals surface area contributed by atoms with Crippen LogP contribution in [0.3, 0.4) is 0 Å². The number of carbonyl (C=O) groups excluding carboxylic acids is 2. The Labute approximate surface area is 248 Å². The van der Waals surface area contributed by atoms with Gasteiger partial charge in [-0.2, -0.15) is 0 Å². The maximum Gasteiger partial charge on any atom is 0.407 e. The SMILES string of the molecule is CC(C)(C)OC(=O)NCCOCCCN1CCN(CCN2CCN(CCOCCNC(=O)OC(C)(C)C)CC2)CC1. The zero-order chi connectivity index (χ0) is 30.1. The van der Waals surface area contributed by atoms with E-state index in [9.17, 15) is 9.59 Å². The lowest BCUT2D eigenvalue weighted by atomic mass is 10.2. The number of rotatable bonds is 16. The summed E-state index contributed by atoms with van der Waals surface area (Å²) in [4.78, 5) is 33.4. The molecule has 2 N–H and O–H groups in total. The van der Waals surface area contributed by atoms with Gasteiger partial charge < -0.3 is 34.5 Å². The van der Waals surface area contributed by atoms with E-state index in [1.54, 1.807) is 0 Å². The van der Waals surface area contributed by atoms with Crippen molar-refractivity contribution >= 4 is 12.2 Å². The average molecular weight is 587 g/mol. The molecule has 2 aliphatic rings. The number of amides is 2. The largest absolute Gasteiger partial charge is 0.444 e. The van der Waals surface area contributed by atoms with Crippen LogP contribution >= 0.6 is 0 Å². The number of hydrogen-bond donors (Lipinski definition) is 2. The van der Waals surface area contributed by atoms with Gasteiger partial charge in [0.15, 0.2) is 0 Å². The van der Waals surface area contributed by atoms with Gasteiger partial charge in [-0.25, -0.2) is 9.59 Å². The topological polar surface area (TPSA) is 108 Å². The fourth-order valence-corrected chi connectivity index (χ4v) is 4.62. The lowest BCUT2D eigenvalue weighted by Crippen LogP contribution is -2.51. The van der Waals surface area contributed by atoms with Crippen LogP contribution in [0.25, 0.3) is 0 Å². The number of nitrogens with zero attached hydrogens (tertiary/aromatic N) is 4. The zero-order valence-corrected chi connectivity index (χ0v) is 26.7. The Morgan fingerprint density at radius 3 is 1.32 bits per heavy atom. The van der Waals surface area contributed by atoms with Gasteiger partial charge in [-0.1, -0.05) is 0 Å². The fourth-order valence-electron chi connectivity index (χ4n) is 4.62. The van der Waals surface area contributed by atoms with Gasteiger partial charge in [-0.15, -0.1) is 0 Å². The maximum absolute atomic E-state index is 11.6. The average Bonchev–Trinajstić information content (AvgIpc) is 2.88. The van der Waals surface area contributed by atoms with Crippen molar-refractivity contribution in [1.29, 1.82) is 0 Å². The number of carbonyl (C=O) groups is 2. The minimum Gasteiger partial charge on any atom is -0.444 e. The summed E-state index contributed by atoms with van der Waals surface area (Å²) in [7, 11) is 0. The molecule has 2 heterocycles. The van der Waals surface area contributed by atoms with Gasteiger partial charge in [0.25, 0.3) is 0 Å². The smallest absolute Gasteiger partial charge is 0.407 e. The standard InChI is InChI=1S/C29H58N6O6/c1-28(2,3)40-26(36)30-8-23-38-22-7-10-32-11-13-33(14-12-32)15-16-34-17-19-35(20-18-34)21-25-39-24-9-31-27(37)41-29(4,5)6/h7-25H2,1-6H3,(H,30,36)(H,31,37). The summed E-state index contributed by atoms with van der Waals surface area (Å²) in [5.74, 6) is 0. The summed E-state index contributed by atoms with van der Waals surface area (Å²) < 4.78 is 21.8. The molecule has 2 saturated heterocycles. The van der Waals surface area contributed by atoms with Gasteiger partial charge in [0.1, 0.15) is 11.2 Å². The van der Waals surface area contributed by atoms with E-state index in [1.165, 1.54) is 0 Å². The zero-order valence-electron chi connectivity index (χ0n) is 26.7. The molecule has 2 aliphatic heterocycles. The van der Waals surface area contributed by atoms with Gasteiger partial charge in [-0.3, -0.25) is 14.7 Å². The second kappa shape index (κ2) is 18.8. The van der Waals surface area contributed by atoms with Gasteiger partial charge in [0, 0.05) is 98.2 Å². The Morgan fingerprint density at radius 1 is 0.537 bits per heavy atom. The molecule has 0 unspecified atom stereocenters. The second-order valence-electron chi connectivity index (χ2n) is 12.8. The first-order chi connectivity index (χ1) is 19.4. The van der Waals surface area contributed by atoms with Crippen molar-refractivity contribution < 1.29 is 28.5 Å². The predicted octanol–water partition coefficient (Wildman–Crippen LogP) is 1.69. The molecule has 2 amide bonds. The summed E-state index contributed by atoms with van der Waals surface area (Å²) >= 11 is 0. The Morgan fingerprint density at radius 2 is 0.902 bits per heavy atom. The highest BCUT2D eigenvalue weighted by Gasteiger charge is 2.20. The van der Waals surface area contributed by atoms with Gasteiger partial charge >= 0.3 is 12.2 Å². The Kier molecular flexibility index (Phi) is 16.2. The first kappa shape index (κ1) is 35.5. The number of nitrogens with one attached hydrogen (secondary N) is 2. The van der Waals surface area contributed by atoms with E-state index in [-0.39, 0.29) is 0 Å². The first-order valence-corrected chi connectivity index (χ1v) is 15.4. The summed E-state index contributed by atoms with van der Waals surface area (Å²) in [6.45, 7) is 27.5. The molecule has 0 aromatic rings. The molecule has 2 fully saturated rings. The van der Waals surface area contributed by atoms with Crippen molar-refractivity contribution in [2.45, 2.75) is 59.2 Å². The Balaban J connectivity index is 1.39. The van der Waals surface area contributed by atoms with Crippen molar-refractivity contribution in [2.75, 3.05) is 118 Å². The normalized spacial score (nSPS) is 18.3. The monoisotopic (exact) mass is 586 g/mol. The Hall–Kier alpha value is -1.70. The third kappa shape index (κ3) is 18.5. The number of alkyl carbamates (subject to hydrolysis) is 2. The highest BCUT2D eigenvalue weighted by atomic mass is 16.6. The van der Waals surface area contributed by atoms with Crippen LogP contribution in [0.15, 0.2) is 0 Å². The number of ether oxygens (including phenoxy) is 4. The molecule has 0 saturated carbocycles. The van der Waals surface area contributed by atoms with Gasteiger partial charge in [0.05, 0.1) is 19.8 Å². The van der Waals surface area contributed by atoms with E-state index in [0.717, 1.165) is 85.0 Å². The lowest BCUT2D eigenvalue weighted by molar-refractivity contribution is 0.0471. The van der Waals surface area contributed by atoms with Crippen LogP contribution in [0.1, 0.15) is 48.0 Å². The molecule has 0 radical (unpaired) electrons. The van der Waals surface area contributed by atoms with E-state index in [2.05, 4.69) is 30.2 Å². The number of hydrogen-bond acceptors (Lipinski definition) is 10. The summed E-state index contributed by atoms with van der Waals surface area (Å²) in [5, 5.41) is 5.44. The molecule has 41 heavy (non-hydrogen) atoms. The minimum atomic E-state index is -0.481. The van der Waals surface area contributed by atoms with Crippen LogP contribution in [0.5, 0.6) is 0 Å². The number of piperazine rings is 2. The van der Waals surface area contributed by atoms with E-state index in [4.69, 9.17) is 18.9 Å². The molecule has 0 aromatic carbocycles. The van der Waals surface area contributed by atoms with Crippen LogP contribution in [0.4, 0.5) is 9.59 Å². The van der Waals surface area contributed by atoms with Crippen LogP contribution in [0, 0.1) is 0 Å². The van der Waals surface area contributed by atoms with Crippen LogP contribution in [-0.4, -0.2) is 161 Å². The summed E-state index contributed by atoms with van der Waals surface area (Å²) in [6, 6.07) is 0. The maximum atomic E-state index is 11.6. The van der Waals surface area contributed by atoms with Gasteiger partial charge in [-0.05, 0) is 48.0 Å². The van der Waals surface area contributed by atoms with Crippen molar-refractivity contribution in [3.8, 4) is 0 Å². The van der Waals surface area contributed by atoms with Crippen LogP contribution in [-0.2, 0) is 18.9 Å². The van der Waals surface area contributed by atoms with E-state index >= 15 is 0 Å². The minimum absolute atomic E-state index is 0.397. The van der Waals surface area contributed by atoms with Crippen molar-refractivity contribution in [3.63, 3.8) is 0 Å². The third-order valence-electron chi connectivity index (χ3n) is 6.81. The first-order valence-electron chi connectivity index (χ1n) is 15.4. The van der Waals surface area contributed by atoms with E-state index in [1.807, 2.05) is 41.5 Å². The lowest BCUT2D eigenvalue weighted by Gasteiger charge is -2.38. The van der Waals surface area contributed by atoms with Gasteiger partial charge in [0.2, 0.25) is 0 Å². The summed E-state index contributed by atoms with van der Waals surface area (Å²) in [6.07, 6.45) is 0.208. The third-order valence-corrected chi connectivity index (χ3v) is 6.81. The molecule has 0 aliphatic carbocycles. The second-order valence-corrected chi connectivity index (χ2v) is 12.8. The van der Waals surface area contributed by atoms with E-state index in [0.29, 0.717) is 39.5 Å². The summed E-state index contributed by atoms with van der Waals surface area (Å²) in [5.41, 5.74) is -0.959.